The van der Waals surface area contributed by atoms with E-state index in [2.05, 4.69) is 41.3 Å². The molecule has 0 amide bonds. The number of carbonyl (C=O) groups is 3. The lowest BCUT2D eigenvalue weighted by atomic mass is 9.84. The number of hydrogen-bond acceptors (Lipinski definition) is 7. The van der Waals surface area contributed by atoms with Gasteiger partial charge in [0.1, 0.15) is 0 Å². The summed E-state index contributed by atoms with van der Waals surface area (Å²) < 4.78 is 16.4. The van der Waals surface area contributed by atoms with E-state index in [0.29, 0.717) is 25.3 Å². The molecule has 0 aliphatic heterocycles. The lowest BCUT2D eigenvalue weighted by molar-refractivity contribution is -0.148. The zero-order chi connectivity index (χ0) is 31.8. The first-order valence-electron chi connectivity index (χ1n) is 15.5. The van der Waals surface area contributed by atoms with Crippen molar-refractivity contribution in [3.05, 3.63) is 107 Å². The van der Waals surface area contributed by atoms with Crippen LogP contribution < -0.4 is 0 Å². The summed E-state index contributed by atoms with van der Waals surface area (Å²) in [6.45, 7) is 7.30. The van der Waals surface area contributed by atoms with Crippen LogP contribution >= 0.6 is 0 Å². The molecule has 3 aromatic rings. The molecule has 7 nitrogen and oxygen atoms in total. The van der Waals surface area contributed by atoms with Gasteiger partial charge in [-0.3, -0.25) is 14.5 Å². The van der Waals surface area contributed by atoms with E-state index in [-0.39, 0.29) is 37.4 Å². The van der Waals surface area contributed by atoms with Gasteiger partial charge in [-0.2, -0.15) is 0 Å². The van der Waals surface area contributed by atoms with Crippen LogP contribution in [0, 0.1) is 5.41 Å². The van der Waals surface area contributed by atoms with E-state index in [9.17, 15) is 14.4 Å². The molecule has 44 heavy (non-hydrogen) atoms. The van der Waals surface area contributed by atoms with Crippen molar-refractivity contribution >= 4 is 17.7 Å². The molecule has 3 rings (SSSR count). The van der Waals surface area contributed by atoms with Crippen molar-refractivity contribution in [1.29, 1.82) is 0 Å². The van der Waals surface area contributed by atoms with E-state index in [1.54, 1.807) is 32.9 Å². The Morgan fingerprint density at radius 2 is 1.48 bits per heavy atom. The number of aryl methyl sites for hydroxylation is 1. The summed E-state index contributed by atoms with van der Waals surface area (Å²) in [7, 11) is 1.36. The highest BCUT2D eigenvalue weighted by atomic mass is 16.5. The van der Waals surface area contributed by atoms with Crippen LogP contribution in [0.15, 0.2) is 84.9 Å². The Bertz CT molecular complexity index is 1290. The molecular formula is C37H47NO6. The first-order valence-corrected chi connectivity index (χ1v) is 15.5. The van der Waals surface area contributed by atoms with Gasteiger partial charge in [-0.25, -0.2) is 4.79 Å². The van der Waals surface area contributed by atoms with Gasteiger partial charge in [0.25, 0.3) is 0 Å². The Balaban J connectivity index is 1.72. The zero-order valence-corrected chi connectivity index (χ0v) is 26.6. The molecule has 3 aromatic carbocycles. The largest absolute Gasteiger partial charge is 0.466 e. The number of ketones is 1. The fourth-order valence-electron chi connectivity index (χ4n) is 5.03. The van der Waals surface area contributed by atoms with Crippen molar-refractivity contribution in [2.24, 2.45) is 5.41 Å². The normalized spacial score (nSPS) is 12.1. The van der Waals surface area contributed by atoms with Crippen molar-refractivity contribution in [2.45, 2.75) is 65.5 Å². The second-order valence-corrected chi connectivity index (χ2v) is 11.7. The maximum Gasteiger partial charge on any atom is 0.337 e. The lowest BCUT2D eigenvalue weighted by Crippen LogP contribution is -2.40. The molecule has 0 aromatic heterocycles. The average Bonchev–Trinajstić information content (AvgIpc) is 3.02. The number of methoxy groups -OCH3 is 1. The maximum atomic E-state index is 13.6. The first kappa shape index (κ1) is 34.7. The van der Waals surface area contributed by atoms with Crippen molar-refractivity contribution < 1.29 is 28.6 Å². The van der Waals surface area contributed by atoms with Gasteiger partial charge >= 0.3 is 11.9 Å². The summed E-state index contributed by atoms with van der Waals surface area (Å²) >= 11 is 0. The maximum absolute atomic E-state index is 13.6. The van der Waals surface area contributed by atoms with E-state index in [0.717, 1.165) is 36.8 Å². The van der Waals surface area contributed by atoms with Crippen molar-refractivity contribution in [1.82, 2.24) is 4.90 Å². The predicted molar refractivity (Wildman–Crippen MR) is 172 cm³/mol. The summed E-state index contributed by atoms with van der Waals surface area (Å²) in [6.07, 6.45) is 3.92. The quantitative estimate of drug-likeness (QED) is 0.108. The van der Waals surface area contributed by atoms with Crippen LogP contribution in [0.1, 0.15) is 79.6 Å². The molecule has 0 aliphatic carbocycles. The minimum absolute atomic E-state index is 0.0168. The van der Waals surface area contributed by atoms with Gasteiger partial charge in [0.15, 0.2) is 5.78 Å². The zero-order valence-electron chi connectivity index (χ0n) is 26.6. The van der Waals surface area contributed by atoms with E-state index in [1.165, 1.54) is 12.7 Å². The number of esters is 2. The Hall–Kier alpha value is -3.81. The average molecular weight is 602 g/mol. The number of ether oxygens (including phenoxy) is 3. The summed E-state index contributed by atoms with van der Waals surface area (Å²) in [5.74, 6) is -0.830. The highest BCUT2D eigenvalue weighted by molar-refractivity contribution is 5.90. The molecular weight excluding hydrogens is 554 g/mol. The number of unbranched alkanes of at least 4 members (excludes halogenated alkanes) is 2. The fraction of sp³-hybridized carbons (Fsp3) is 0.432. The standard InChI is InChI=1S/C37H47NO6/c1-5-43-35(40)25-37(2,3)34(39)28-38(26-30-20-22-32(23-21-30)36(41)42-4)27-33(31-18-12-7-13-19-31)44-24-14-8-11-17-29-15-9-6-10-16-29/h6-7,9-10,12-13,15-16,18-23,33H,5,8,11,14,17,24-28H2,1-4H3. The van der Waals surface area contributed by atoms with Crippen molar-refractivity contribution in [3.8, 4) is 0 Å². The first-order chi connectivity index (χ1) is 21.2. The third kappa shape index (κ3) is 11.7. The van der Waals surface area contributed by atoms with E-state index in [4.69, 9.17) is 14.2 Å². The minimum Gasteiger partial charge on any atom is -0.466 e. The van der Waals surface area contributed by atoms with Crippen LogP contribution in [0.2, 0.25) is 0 Å². The van der Waals surface area contributed by atoms with Crippen LogP contribution in [-0.2, 0) is 36.8 Å². The molecule has 236 valence electrons. The Morgan fingerprint density at radius 1 is 0.818 bits per heavy atom. The molecule has 0 radical (unpaired) electrons. The molecule has 0 fully saturated rings. The van der Waals surface area contributed by atoms with Crippen LogP contribution in [0.5, 0.6) is 0 Å². The molecule has 0 aliphatic rings. The third-order valence-electron chi connectivity index (χ3n) is 7.66. The van der Waals surface area contributed by atoms with Crippen molar-refractivity contribution in [3.63, 3.8) is 0 Å². The number of benzene rings is 3. The topological polar surface area (TPSA) is 82.1 Å². The lowest BCUT2D eigenvalue weighted by Gasteiger charge is -2.31. The van der Waals surface area contributed by atoms with Gasteiger partial charge in [-0.15, -0.1) is 0 Å². The van der Waals surface area contributed by atoms with Crippen molar-refractivity contribution in [2.75, 3.05) is 33.4 Å². The Labute approximate surface area is 262 Å². The smallest absolute Gasteiger partial charge is 0.337 e. The SMILES string of the molecule is CCOC(=O)CC(C)(C)C(=O)CN(Cc1ccc(C(=O)OC)cc1)CC(OCCCCCc1ccccc1)c1ccccc1. The van der Waals surface area contributed by atoms with E-state index >= 15 is 0 Å². The highest BCUT2D eigenvalue weighted by Crippen LogP contribution is 2.26. The predicted octanol–water partition coefficient (Wildman–Crippen LogP) is 6.99. The van der Waals surface area contributed by atoms with Crippen LogP contribution in [0.25, 0.3) is 0 Å². The molecule has 0 saturated heterocycles. The molecule has 1 unspecified atom stereocenters. The Kier molecular flexibility index (Phi) is 14.3. The van der Waals surface area contributed by atoms with Gasteiger partial charge in [0.2, 0.25) is 0 Å². The number of rotatable bonds is 19. The number of hydrogen-bond donors (Lipinski definition) is 0. The third-order valence-corrected chi connectivity index (χ3v) is 7.66. The van der Waals surface area contributed by atoms with Crippen LogP contribution in [0.3, 0.4) is 0 Å². The second-order valence-electron chi connectivity index (χ2n) is 11.7. The highest BCUT2D eigenvalue weighted by Gasteiger charge is 2.33. The summed E-state index contributed by atoms with van der Waals surface area (Å²) in [5, 5.41) is 0. The summed E-state index contributed by atoms with van der Waals surface area (Å²) in [6, 6.07) is 27.8. The van der Waals surface area contributed by atoms with Gasteiger partial charge < -0.3 is 14.2 Å². The molecule has 0 heterocycles. The molecule has 0 N–H and O–H groups in total. The van der Waals surface area contributed by atoms with Crippen LogP contribution in [0.4, 0.5) is 0 Å². The Morgan fingerprint density at radius 3 is 2.11 bits per heavy atom. The molecule has 0 spiro atoms. The molecule has 7 heteroatoms. The van der Waals surface area contributed by atoms with Gasteiger partial charge in [0.05, 0.1) is 38.3 Å². The second kappa shape index (κ2) is 18.1. The molecule has 0 saturated carbocycles. The number of nitrogens with zero attached hydrogens (tertiary/aromatic N) is 1. The van der Waals surface area contributed by atoms with E-state index < -0.39 is 11.4 Å². The molecule has 0 bridgehead atoms. The minimum atomic E-state index is -0.888. The summed E-state index contributed by atoms with van der Waals surface area (Å²) in [5.41, 5.74) is 2.91. The van der Waals surface area contributed by atoms with Crippen LogP contribution in [-0.4, -0.2) is 56.0 Å². The number of Topliss-reactive ketones (excluding diaryl/α,β-unsaturated/α-hetero) is 1. The summed E-state index contributed by atoms with van der Waals surface area (Å²) in [4.78, 5) is 39.9. The fourth-order valence-corrected chi connectivity index (χ4v) is 5.03. The monoisotopic (exact) mass is 601 g/mol. The number of carbonyl (C=O) groups excluding carboxylic acids is 3. The van der Waals surface area contributed by atoms with Gasteiger partial charge in [-0.05, 0) is 55.0 Å². The van der Waals surface area contributed by atoms with Gasteiger partial charge in [0, 0.05) is 25.1 Å². The van der Waals surface area contributed by atoms with E-state index in [1.807, 2.05) is 36.4 Å². The molecule has 1 atom stereocenters. The van der Waals surface area contributed by atoms with Gasteiger partial charge in [-0.1, -0.05) is 93.1 Å².